The van der Waals surface area contributed by atoms with Gasteiger partial charge in [0, 0.05) is 16.8 Å². The number of aryl methyl sites for hydroxylation is 1. The van der Waals surface area contributed by atoms with Crippen LogP contribution in [0.15, 0.2) is 9.72 Å². The molecule has 0 aliphatic rings. The highest BCUT2D eigenvalue weighted by Gasteiger charge is 2.18. The van der Waals surface area contributed by atoms with Crippen molar-refractivity contribution in [3.63, 3.8) is 0 Å². The minimum absolute atomic E-state index is 0.146. The molecule has 0 saturated heterocycles. The third-order valence-corrected chi connectivity index (χ3v) is 4.61. The molecule has 1 aromatic rings. The maximum absolute atomic E-state index is 11.8. The predicted octanol–water partition coefficient (Wildman–Crippen LogP) is 2.87. The molecule has 0 aliphatic carbocycles. The van der Waals surface area contributed by atoms with Crippen molar-refractivity contribution in [2.75, 3.05) is 18.9 Å². The molecule has 0 radical (unpaired) electrons. The Kier molecular flexibility index (Phi) is 8.09. The fourth-order valence-corrected chi connectivity index (χ4v) is 3.45. The molecule has 1 unspecified atom stereocenters. The van der Waals surface area contributed by atoms with Gasteiger partial charge < -0.3 is 10.1 Å². The first-order valence-corrected chi connectivity index (χ1v) is 8.48. The van der Waals surface area contributed by atoms with Gasteiger partial charge in [0.1, 0.15) is 10.4 Å². The maximum atomic E-state index is 11.8. The Morgan fingerprint density at radius 2 is 2.37 bits per heavy atom. The fraction of sp³-hybridized carbons (Fsp3) is 0.692. The Morgan fingerprint density at radius 3 is 2.95 bits per heavy atom. The van der Waals surface area contributed by atoms with E-state index < -0.39 is 0 Å². The van der Waals surface area contributed by atoms with E-state index in [1.165, 1.54) is 0 Å². The highest BCUT2D eigenvalue weighted by Crippen LogP contribution is 2.23. The number of hydrogen-bond donors (Lipinski definition) is 1. The molecule has 1 N–H and O–H groups in total. The van der Waals surface area contributed by atoms with Gasteiger partial charge in [-0.15, -0.1) is 11.3 Å². The molecule has 0 amide bonds. The molecule has 6 heteroatoms. The molecule has 1 aromatic heterocycles. The molecule has 108 valence electrons. The van der Waals surface area contributed by atoms with Crippen molar-refractivity contribution in [3.8, 4) is 0 Å². The molecule has 4 nitrogen and oxygen atoms in total. The fourth-order valence-electron chi connectivity index (χ4n) is 1.53. The van der Waals surface area contributed by atoms with E-state index in [0.717, 1.165) is 35.2 Å². The summed E-state index contributed by atoms with van der Waals surface area (Å²) in [6, 6.07) is -0.201. The van der Waals surface area contributed by atoms with Gasteiger partial charge in [-0.1, -0.05) is 18.7 Å². The van der Waals surface area contributed by atoms with E-state index in [1.807, 2.05) is 19.2 Å². The molecular formula is C13H22N2O2S2. The van der Waals surface area contributed by atoms with Crippen molar-refractivity contribution < 1.29 is 9.53 Å². The van der Waals surface area contributed by atoms with Gasteiger partial charge >= 0.3 is 5.97 Å². The van der Waals surface area contributed by atoms with Gasteiger partial charge in [0.05, 0.1) is 6.61 Å². The van der Waals surface area contributed by atoms with Crippen molar-refractivity contribution in [3.05, 3.63) is 11.1 Å². The van der Waals surface area contributed by atoms with Crippen molar-refractivity contribution in [2.24, 2.45) is 0 Å². The Balaban J connectivity index is 2.36. The summed E-state index contributed by atoms with van der Waals surface area (Å²) in [6.45, 7) is 7.18. The normalized spacial score (nSPS) is 12.4. The van der Waals surface area contributed by atoms with Crippen LogP contribution in [0.3, 0.4) is 0 Å². The zero-order valence-corrected chi connectivity index (χ0v) is 13.4. The summed E-state index contributed by atoms with van der Waals surface area (Å²) >= 11 is 3.35. The molecule has 0 aromatic carbocycles. The summed E-state index contributed by atoms with van der Waals surface area (Å²) in [7, 11) is 0. The number of hydrogen-bond acceptors (Lipinski definition) is 6. The van der Waals surface area contributed by atoms with Crippen LogP contribution in [0.4, 0.5) is 0 Å². The molecule has 1 rings (SSSR count). The first-order valence-electron chi connectivity index (χ1n) is 6.62. The van der Waals surface area contributed by atoms with E-state index >= 15 is 0 Å². The summed E-state index contributed by atoms with van der Waals surface area (Å²) in [6.07, 6.45) is 1.77. The summed E-state index contributed by atoms with van der Waals surface area (Å²) in [5, 5.41) is 5.28. The predicted molar refractivity (Wildman–Crippen MR) is 80.9 cm³/mol. The first kappa shape index (κ1) is 16.5. The van der Waals surface area contributed by atoms with E-state index in [0.29, 0.717) is 6.61 Å². The highest BCUT2D eigenvalue weighted by atomic mass is 32.2. The van der Waals surface area contributed by atoms with Gasteiger partial charge in [0.25, 0.3) is 0 Å². The third kappa shape index (κ3) is 6.40. The lowest BCUT2D eigenvalue weighted by Gasteiger charge is -2.16. The standard InChI is InChI=1S/C13H22N2O2S2/c1-4-7-14-11(12(16)17-5-2)6-8-18-13-15-10(3)9-19-13/h9,11,14H,4-8H2,1-3H3. The van der Waals surface area contributed by atoms with E-state index in [1.54, 1.807) is 23.1 Å². The van der Waals surface area contributed by atoms with Gasteiger partial charge in [-0.05, 0) is 33.2 Å². The number of nitrogens with one attached hydrogen (secondary N) is 1. The molecule has 0 saturated carbocycles. The van der Waals surface area contributed by atoms with Crippen molar-refractivity contribution >= 4 is 29.1 Å². The van der Waals surface area contributed by atoms with E-state index in [9.17, 15) is 4.79 Å². The van der Waals surface area contributed by atoms with Gasteiger partial charge in [0.15, 0.2) is 0 Å². The van der Waals surface area contributed by atoms with Crippen LogP contribution in [0, 0.1) is 6.92 Å². The quantitative estimate of drug-likeness (QED) is 0.561. The van der Waals surface area contributed by atoms with Crippen molar-refractivity contribution in [1.82, 2.24) is 10.3 Å². The van der Waals surface area contributed by atoms with Crippen LogP contribution in [0.1, 0.15) is 32.4 Å². The monoisotopic (exact) mass is 302 g/mol. The van der Waals surface area contributed by atoms with Crippen LogP contribution in [-0.2, 0) is 9.53 Å². The lowest BCUT2D eigenvalue weighted by Crippen LogP contribution is -2.39. The number of esters is 1. The average molecular weight is 302 g/mol. The van der Waals surface area contributed by atoms with E-state index in [2.05, 4.69) is 17.2 Å². The molecule has 0 fully saturated rings. The lowest BCUT2D eigenvalue weighted by molar-refractivity contribution is -0.145. The van der Waals surface area contributed by atoms with E-state index in [-0.39, 0.29) is 12.0 Å². The summed E-state index contributed by atoms with van der Waals surface area (Å²) < 4.78 is 6.15. The largest absolute Gasteiger partial charge is 0.465 e. The molecule has 0 aliphatic heterocycles. The first-order chi connectivity index (χ1) is 9.17. The average Bonchev–Trinajstić information content (AvgIpc) is 2.79. The number of nitrogens with zero attached hydrogens (tertiary/aromatic N) is 1. The number of thioether (sulfide) groups is 1. The number of aromatic nitrogens is 1. The van der Waals surface area contributed by atoms with Gasteiger partial charge in [0.2, 0.25) is 0 Å². The van der Waals surface area contributed by atoms with Crippen molar-refractivity contribution in [2.45, 2.75) is 44.0 Å². The second kappa shape index (κ2) is 9.34. The summed E-state index contributed by atoms with van der Waals surface area (Å²) in [5.74, 6) is 0.722. The van der Waals surface area contributed by atoms with Crippen molar-refractivity contribution in [1.29, 1.82) is 0 Å². The van der Waals surface area contributed by atoms with Gasteiger partial charge in [-0.25, -0.2) is 4.98 Å². The summed E-state index contributed by atoms with van der Waals surface area (Å²) in [4.78, 5) is 16.2. The zero-order valence-electron chi connectivity index (χ0n) is 11.8. The molecule has 1 heterocycles. The van der Waals surface area contributed by atoms with Crippen LogP contribution < -0.4 is 5.32 Å². The van der Waals surface area contributed by atoms with Crippen LogP contribution in [0.5, 0.6) is 0 Å². The smallest absolute Gasteiger partial charge is 0.323 e. The maximum Gasteiger partial charge on any atom is 0.323 e. The van der Waals surface area contributed by atoms with Crippen LogP contribution in [-0.4, -0.2) is 35.9 Å². The van der Waals surface area contributed by atoms with E-state index in [4.69, 9.17) is 4.74 Å². The molecular weight excluding hydrogens is 280 g/mol. The molecule has 1 atom stereocenters. The van der Waals surface area contributed by atoms with Crippen LogP contribution in [0.2, 0.25) is 0 Å². The van der Waals surface area contributed by atoms with Crippen LogP contribution in [0.25, 0.3) is 0 Å². The Hall–Kier alpha value is -0.590. The number of rotatable bonds is 9. The van der Waals surface area contributed by atoms with Crippen LogP contribution >= 0.6 is 23.1 Å². The van der Waals surface area contributed by atoms with Gasteiger partial charge in [-0.2, -0.15) is 0 Å². The number of ether oxygens (including phenoxy) is 1. The van der Waals surface area contributed by atoms with Gasteiger partial charge in [-0.3, -0.25) is 4.79 Å². The lowest BCUT2D eigenvalue weighted by atomic mass is 10.2. The second-order valence-electron chi connectivity index (χ2n) is 4.15. The Bertz CT molecular complexity index is 382. The third-order valence-electron chi connectivity index (χ3n) is 2.44. The Morgan fingerprint density at radius 1 is 1.58 bits per heavy atom. The molecule has 0 spiro atoms. The molecule has 0 bridgehead atoms. The molecule has 19 heavy (non-hydrogen) atoms. The number of carbonyl (C=O) groups excluding carboxylic acids is 1. The number of thiazole rings is 1. The SMILES string of the molecule is CCCNC(CCSc1nc(C)cs1)C(=O)OCC. The number of carbonyl (C=O) groups is 1. The topological polar surface area (TPSA) is 51.2 Å². The minimum Gasteiger partial charge on any atom is -0.465 e. The summed E-state index contributed by atoms with van der Waals surface area (Å²) in [5.41, 5.74) is 1.05. The minimum atomic E-state index is -0.201. The Labute approximate surface area is 123 Å². The zero-order chi connectivity index (χ0) is 14.1. The highest BCUT2D eigenvalue weighted by molar-refractivity contribution is 8.01. The second-order valence-corrected chi connectivity index (χ2v) is 6.35.